The number of carbonyl (C=O) groups is 3. The molecule has 1 aliphatic heterocycles. The molecule has 1 aromatic heterocycles. The van der Waals surface area contributed by atoms with E-state index in [1.807, 2.05) is 31.2 Å². The van der Waals surface area contributed by atoms with E-state index < -0.39 is 29.8 Å². The molecule has 0 spiro atoms. The summed E-state index contributed by atoms with van der Waals surface area (Å²) in [4.78, 5) is 43.1. The molecule has 2 amide bonds. The summed E-state index contributed by atoms with van der Waals surface area (Å²) in [6.07, 6.45) is 5.22. The number of aliphatic carboxylic acids is 1. The van der Waals surface area contributed by atoms with E-state index in [4.69, 9.17) is 5.11 Å². The van der Waals surface area contributed by atoms with E-state index >= 15 is 0 Å². The van der Waals surface area contributed by atoms with Gasteiger partial charge in [0.1, 0.15) is 5.75 Å². The number of likely N-dealkylation sites (tertiary alicyclic amines) is 1. The number of carboxylic acid groups (broad SMARTS) is 1. The molecule has 224 valence electrons. The number of hydrogen-bond acceptors (Lipinski definition) is 7. The van der Waals surface area contributed by atoms with E-state index in [-0.39, 0.29) is 43.6 Å². The maximum Gasteiger partial charge on any atom is 0.303 e. The highest BCUT2D eigenvalue weighted by atomic mass is 79.9. The number of amides is 2. The highest BCUT2D eigenvalue weighted by molar-refractivity contribution is 9.10. The lowest BCUT2D eigenvalue weighted by molar-refractivity contribution is -0.141. The van der Waals surface area contributed by atoms with Crippen molar-refractivity contribution in [3.63, 3.8) is 0 Å². The zero-order valence-corrected chi connectivity index (χ0v) is 25.2. The number of imide groups is 1. The Morgan fingerprint density at radius 3 is 2.62 bits per heavy atom. The summed E-state index contributed by atoms with van der Waals surface area (Å²) in [6.45, 7) is 1.70. The average Bonchev–Trinajstić information content (AvgIpc) is 3.20. The summed E-state index contributed by atoms with van der Waals surface area (Å²) in [5, 5.41) is 41.1. The van der Waals surface area contributed by atoms with Crippen molar-refractivity contribution in [2.75, 3.05) is 13.2 Å². The van der Waals surface area contributed by atoms with Crippen LogP contribution in [0.4, 0.5) is 0 Å². The van der Waals surface area contributed by atoms with Gasteiger partial charge >= 0.3 is 5.97 Å². The fraction of sp³-hybridized carbons (Fsp3) is 0.438. The van der Waals surface area contributed by atoms with Gasteiger partial charge in [0.2, 0.25) is 11.8 Å². The van der Waals surface area contributed by atoms with Crippen LogP contribution in [0, 0.1) is 17.8 Å². The minimum Gasteiger partial charge on any atom is -0.507 e. The third-order valence-corrected chi connectivity index (χ3v) is 8.74. The highest BCUT2D eigenvalue weighted by Crippen LogP contribution is 2.46. The lowest BCUT2D eigenvalue weighted by Gasteiger charge is -2.35. The summed E-state index contributed by atoms with van der Waals surface area (Å²) in [6, 6.07) is 10.7. The number of aromatic nitrogens is 1. The third kappa shape index (κ3) is 7.17. The SMILES string of the molecule is CC1=C([C@H](O)CC/C(=C/c2cc(Br)ccc2O)c2ccccn2)[C@H](CO)[C@@H]2C(=O)N(CCCCCC(=O)O)C(=O)[C@@H]2C1. The Balaban J connectivity index is 1.51. The molecule has 1 aliphatic carbocycles. The van der Waals surface area contributed by atoms with Gasteiger partial charge in [-0.25, -0.2) is 0 Å². The molecule has 10 heteroatoms. The first-order valence-corrected chi connectivity index (χ1v) is 15.1. The molecule has 1 saturated heterocycles. The van der Waals surface area contributed by atoms with Crippen LogP contribution in [-0.2, 0) is 14.4 Å². The maximum absolute atomic E-state index is 13.4. The van der Waals surface area contributed by atoms with E-state index in [1.165, 1.54) is 4.90 Å². The lowest BCUT2D eigenvalue weighted by atomic mass is 9.68. The summed E-state index contributed by atoms with van der Waals surface area (Å²) < 4.78 is 0.806. The number of phenolic OH excluding ortho intramolecular Hbond substituents is 1. The normalized spacial score (nSPS) is 21.6. The number of carbonyl (C=O) groups excluding carboxylic acids is 2. The second-order valence-corrected chi connectivity index (χ2v) is 12.0. The number of phenols is 1. The predicted molar refractivity (Wildman–Crippen MR) is 161 cm³/mol. The smallest absolute Gasteiger partial charge is 0.303 e. The Labute approximate surface area is 253 Å². The number of benzene rings is 1. The number of allylic oxidation sites excluding steroid dienone is 2. The fourth-order valence-corrected chi connectivity index (χ4v) is 6.61. The second-order valence-electron chi connectivity index (χ2n) is 11.0. The van der Waals surface area contributed by atoms with Crippen molar-refractivity contribution in [1.29, 1.82) is 0 Å². The highest BCUT2D eigenvalue weighted by Gasteiger charge is 2.54. The van der Waals surface area contributed by atoms with Gasteiger partial charge in [-0.1, -0.05) is 34.0 Å². The van der Waals surface area contributed by atoms with Crippen LogP contribution >= 0.6 is 15.9 Å². The zero-order valence-electron chi connectivity index (χ0n) is 23.6. The van der Waals surface area contributed by atoms with Crippen LogP contribution in [0.3, 0.4) is 0 Å². The van der Waals surface area contributed by atoms with Crippen LogP contribution in [-0.4, -0.2) is 67.3 Å². The average molecular weight is 642 g/mol. The minimum absolute atomic E-state index is 0.0470. The van der Waals surface area contributed by atoms with Gasteiger partial charge in [-0.15, -0.1) is 0 Å². The van der Waals surface area contributed by atoms with Gasteiger partial charge in [0, 0.05) is 35.1 Å². The largest absolute Gasteiger partial charge is 0.507 e. The van der Waals surface area contributed by atoms with E-state index in [2.05, 4.69) is 20.9 Å². The number of rotatable bonds is 13. The number of halogens is 1. The lowest BCUT2D eigenvalue weighted by Crippen LogP contribution is -2.39. The number of nitrogens with zero attached hydrogens (tertiary/aromatic N) is 2. The summed E-state index contributed by atoms with van der Waals surface area (Å²) in [5.41, 5.74) is 3.51. The van der Waals surface area contributed by atoms with Gasteiger partial charge in [0.25, 0.3) is 0 Å². The van der Waals surface area contributed by atoms with Gasteiger partial charge in [0.05, 0.1) is 30.2 Å². The first kappa shape index (κ1) is 31.6. The van der Waals surface area contributed by atoms with E-state index in [1.54, 1.807) is 24.4 Å². The summed E-state index contributed by atoms with van der Waals surface area (Å²) in [7, 11) is 0. The standard InChI is InChI=1S/C32H37BrN2O7/c1-19-15-23-30(32(42)35(31(23)41)14-6-2-3-8-28(39)40)24(18-36)29(19)27(38)11-9-20(25-7-4-5-13-34-25)16-21-17-22(33)10-12-26(21)37/h4-5,7,10,12-13,16-17,23-24,27,30,36-38H,2-3,6,8-9,11,14-15,18H2,1H3,(H,39,40)/b20-16-/t23-,24+,27-,30-/m1/s1. The van der Waals surface area contributed by atoms with E-state index in [0.29, 0.717) is 48.9 Å². The van der Waals surface area contributed by atoms with E-state index in [0.717, 1.165) is 15.6 Å². The minimum atomic E-state index is -0.959. The Morgan fingerprint density at radius 1 is 1.14 bits per heavy atom. The Bertz CT molecular complexity index is 1370. The van der Waals surface area contributed by atoms with Gasteiger partial charge in [0.15, 0.2) is 0 Å². The number of carboxylic acids is 1. The number of aromatic hydroxyl groups is 1. The molecule has 2 aromatic rings. The number of unbranched alkanes of at least 4 members (excludes halogenated alkanes) is 2. The topological polar surface area (TPSA) is 148 Å². The van der Waals surface area contributed by atoms with Gasteiger partial charge in [-0.05, 0) is 86.6 Å². The molecule has 1 aromatic carbocycles. The van der Waals surface area contributed by atoms with Gasteiger partial charge < -0.3 is 20.4 Å². The molecular weight excluding hydrogens is 604 g/mol. The molecule has 0 bridgehead atoms. The molecular formula is C32H37BrN2O7. The maximum atomic E-state index is 13.4. The first-order chi connectivity index (χ1) is 20.1. The number of fused-ring (bicyclic) bond motifs is 1. The van der Waals surface area contributed by atoms with Gasteiger partial charge in [-0.2, -0.15) is 0 Å². The van der Waals surface area contributed by atoms with Crippen molar-refractivity contribution in [3.8, 4) is 5.75 Å². The van der Waals surface area contributed by atoms with Crippen LogP contribution in [0.25, 0.3) is 11.6 Å². The molecule has 0 saturated carbocycles. The molecule has 42 heavy (non-hydrogen) atoms. The molecule has 0 radical (unpaired) electrons. The quantitative estimate of drug-likeness (QED) is 0.139. The summed E-state index contributed by atoms with van der Waals surface area (Å²) in [5.74, 6) is -3.35. The summed E-state index contributed by atoms with van der Waals surface area (Å²) >= 11 is 3.44. The predicted octanol–water partition coefficient (Wildman–Crippen LogP) is 4.81. The monoisotopic (exact) mass is 640 g/mol. The fourth-order valence-electron chi connectivity index (χ4n) is 6.23. The Morgan fingerprint density at radius 2 is 1.93 bits per heavy atom. The second kappa shape index (κ2) is 14.2. The van der Waals surface area contributed by atoms with Crippen LogP contribution in [0.2, 0.25) is 0 Å². The van der Waals surface area contributed by atoms with E-state index in [9.17, 15) is 29.7 Å². The van der Waals surface area contributed by atoms with Crippen LogP contribution in [0.1, 0.15) is 63.1 Å². The van der Waals surface area contributed by atoms with Crippen molar-refractivity contribution in [1.82, 2.24) is 9.88 Å². The molecule has 4 rings (SSSR count). The molecule has 2 heterocycles. The van der Waals surface area contributed by atoms with Crippen molar-refractivity contribution in [2.24, 2.45) is 17.8 Å². The Kier molecular flexibility index (Phi) is 10.7. The van der Waals surface area contributed by atoms with Crippen molar-refractivity contribution < 1.29 is 34.8 Å². The van der Waals surface area contributed by atoms with Gasteiger partial charge in [-0.3, -0.25) is 24.3 Å². The number of aliphatic hydroxyl groups is 2. The molecule has 2 aliphatic rings. The van der Waals surface area contributed by atoms with Crippen LogP contribution in [0.15, 0.2) is 58.2 Å². The number of hydrogen-bond donors (Lipinski definition) is 4. The molecule has 4 N–H and O–H groups in total. The Hall–Kier alpha value is -3.34. The number of pyridine rings is 1. The molecule has 9 nitrogen and oxygen atoms in total. The first-order valence-electron chi connectivity index (χ1n) is 14.3. The van der Waals surface area contributed by atoms with Crippen LogP contribution < -0.4 is 0 Å². The van der Waals surface area contributed by atoms with Crippen molar-refractivity contribution in [3.05, 3.63) is 69.5 Å². The molecule has 0 unspecified atom stereocenters. The number of aliphatic hydroxyl groups excluding tert-OH is 2. The van der Waals surface area contributed by atoms with Crippen LogP contribution in [0.5, 0.6) is 5.75 Å². The molecule has 1 fully saturated rings. The molecule has 4 atom stereocenters. The van der Waals surface area contributed by atoms with Crippen molar-refractivity contribution >= 4 is 45.4 Å². The third-order valence-electron chi connectivity index (χ3n) is 8.25. The van der Waals surface area contributed by atoms with Crippen molar-refractivity contribution in [2.45, 2.75) is 58.0 Å². The zero-order chi connectivity index (χ0) is 30.4.